The van der Waals surface area contributed by atoms with Crippen LogP contribution < -0.4 is 10.2 Å². The molecule has 2 rings (SSSR count). The molecule has 0 spiro atoms. The van der Waals surface area contributed by atoms with E-state index in [9.17, 15) is 5.26 Å². The van der Waals surface area contributed by atoms with Crippen molar-refractivity contribution in [1.82, 2.24) is 5.32 Å². The number of rotatable bonds is 1. The van der Waals surface area contributed by atoms with Crippen LogP contribution >= 0.6 is 0 Å². The van der Waals surface area contributed by atoms with Crippen LogP contribution in [0, 0.1) is 25.2 Å². The minimum Gasteiger partial charge on any atom is -0.368 e. The van der Waals surface area contributed by atoms with Crippen molar-refractivity contribution >= 4 is 5.69 Å². The van der Waals surface area contributed by atoms with Gasteiger partial charge in [-0.3, -0.25) is 0 Å². The van der Waals surface area contributed by atoms with Gasteiger partial charge in [-0.2, -0.15) is 5.26 Å². The van der Waals surface area contributed by atoms with Gasteiger partial charge in [-0.05, 0) is 37.1 Å². The third-order valence-corrected chi connectivity index (χ3v) is 3.19. The molecule has 0 aliphatic carbocycles. The fourth-order valence-electron chi connectivity index (χ4n) is 2.06. The van der Waals surface area contributed by atoms with E-state index in [1.165, 1.54) is 11.1 Å². The Morgan fingerprint density at radius 2 is 1.81 bits per heavy atom. The summed E-state index contributed by atoms with van der Waals surface area (Å²) in [7, 11) is 0. The number of aryl methyl sites for hydroxylation is 2. The second-order valence-corrected chi connectivity index (χ2v) is 4.30. The highest BCUT2D eigenvalue weighted by Crippen LogP contribution is 2.24. The number of hydrogen-bond donors (Lipinski definition) is 1. The third-order valence-electron chi connectivity index (χ3n) is 3.19. The van der Waals surface area contributed by atoms with Crippen LogP contribution in [0.5, 0.6) is 0 Å². The maximum absolute atomic E-state index is 9.17. The molecular weight excluding hydrogens is 198 g/mol. The minimum atomic E-state index is 0.796. The van der Waals surface area contributed by atoms with E-state index in [0.29, 0.717) is 0 Å². The topological polar surface area (TPSA) is 39.1 Å². The Labute approximate surface area is 96.7 Å². The summed E-state index contributed by atoms with van der Waals surface area (Å²) < 4.78 is 0. The highest BCUT2D eigenvalue weighted by molar-refractivity contribution is 5.62. The molecule has 0 aromatic heterocycles. The average Bonchev–Trinajstić information content (AvgIpc) is 2.33. The molecule has 3 heteroatoms. The van der Waals surface area contributed by atoms with Gasteiger partial charge in [0.15, 0.2) is 0 Å². The summed E-state index contributed by atoms with van der Waals surface area (Å²) in [6.45, 7) is 8.11. The van der Waals surface area contributed by atoms with Crippen LogP contribution in [0.15, 0.2) is 12.1 Å². The van der Waals surface area contributed by atoms with E-state index in [-0.39, 0.29) is 0 Å². The Morgan fingerprint density at radius 1 is 1.19 bits per heavy atom. The first-order chi connectivity index (χ1) is 7.72. The van der Waals surface area contributed by atoms with Crippen molar-refractivity contribution in [3.05, 3.63) is 28.8 Å². The van der Waals surface area contributed by atoms with Crippen molar-refractivity contribution in [1.29, 1.82) is 5.26 Å². The lowest BCUT2D eigenvalue weighted by Gasteiger charge is -2.30. The van der Waals surface area contributed by atoms with Gasteiger partial charge >= 0.3 is 0 Å². The quantitative estimate of drug-likeness (QED) is 0.773. The number of nitriles is 1. The van der Waals surface area contributed by atoms with Crippen LogP contribution in [0.25, 0.3) is 0 Å². The molecule has 1 N–H and O–H groups in total. The lowest BCUT2D eigenvalue weighted by Crippen LogP contribution is -2.43. The molecule has 0 bridgehead atoms. The van der Waals surface area contributed by atoms with E-state index in [1.54, 1.807) is 0 Å². The van der Waals surface area contributed by atoms with Crippen molar-refractivity contribution in [2.75, 3.05) is 31.1 Å². The first kappa shape index (κ1) is 11.0. The summed E-state index contributed by atoms with van der Waals surface area (Å²) in [4.78, 5) is 2.29. The second kappa shape index (κ2) is 4.54. The molecule has 0 atom stereocenters. The molecular formula is C13H17N3. The molecule has 16 heavy (non-hydrogen) atoms. The van der Waals surface area contributed by atoms with E-state index in [2.05, 4.69) is 36.2 Å². The van der Waals surface area contributed by atoms with Gasteiger partial charge in [0.2, 0.25) is 0 Å². The largest absolute Gasteiger partial charge is 0.368 e. The fraction of sp³-hybridized carbons (Fsp3) is 0.462. The van der Waals surface area contributed by atoms with Crippen LogP contribution in [-0.4, -0.2) is 26.2 Å². The predicted molar refractivity (Wildman–Crippen MR) is 65.7 cm³/mol. The number of benzene rings is 1. The van der Waals surface area contributed by atoms with Gasteiger partial charge < -0.3 is 10.2 Å². The Kier molecular flexibility index (Phi) is 3.12. The van der Waals surface area contributed by atoms with E-state index >= 15 is 0 Å². The first-order valence-electron chi connectivity index (χ1n) is 5.69. The van der Waals surface area contributed by atoms with Crippen LogP contribution in [0.2, 0.25) is 0 Å². The maximum Gasteiger partial charge on any atom is 0.101 e. The lowest BCUT2D eigenvalue weighted by atomic mass is 10.0. The number of hydrogen-bond acceptors (Lipinski definition) is 3. The second-order valence-electron chi connectivity index (χ2n) is 4.30. The SMILES string of the molecule is Cc1cc(C#N)c(N2CCNCC2)cc1C. The monoisotopic (exact) mass is 215 g/mol. The Bertz CT molecular complexity index is 426. The van der Waals surface area contributed by atoms with Crippen molar-refractivity contribution in [3.8, 4) is 6.07 Å². The Balaban J connectivity index is 2.38. The van der Waals surface area contributed by atoms with Crippen LogP contribution in [0.3, 0.4) is 0 Å². The highest BCUT2D eigenvalue weighted by atomic mass is 15.2. The molecule has 0 radical (unpaired) electrons. The molecule has 1 fully saturated rings. The molecule has 0 amide bonds. The van der Waals surface area contributed by atoms with Gasteiger partial charge in [-0.15, -0.1) is 0 Å². The van der Waals surface area contributed by atoms with Crippen LogP contribution in [0.1, 0.15) is 16.7 Å². The smallest absolute Gasteiger partial charge is 0.101 e. The number of anilines is 1. The summed E-state index contributed by atoms with van der Waals surface area (Å²) in [5, 5.41) is 12.5. The summed E-state index contributed by atoms with van der Waals surface area (Å²) in [5.41, 5.74) is 4.33. The van der Waals surface area contributed by atoms with Crippen LogP contribution in [-0.2, 0) is 0 Å². The number of nitrogens with one attached hydrogen (secondary N) is 1. The molecule has 1 aliphatic rings. The molecule has 0 saturated carbocycles. The normalized spacial score (nSPS) is 15.9. The van der Waals surface area contributed by atoms with E-state index < -0.39 is 0 Å². The molecule has 1 saturated heterocycles. The van der Waals surface area contributed by atoms with Gasteiger partial charge in [0.25, 0.3) is 0 Å². The average molecular weight is 215 g/mol. The number of piperazine rings is 1. The zero-order valence-electron chi connectivity index (χ0n) is 9.88. The Morgan fingerprint density at radius 3 is 2.44 bits per heavy atom. The summed E-state index contributed by atoms with van der Waals surface area (Å²) in [6.07, 6.45) is 0. The van der Waals surface area contributed by atoms with Crippen molar-refractivity contribution in [2.24, 2.45) is 0 Å². The van der Waals surface area contributed by atoms with Crippen LogP contribution in [0.4, 0.5) is 5.69 Å². The minimum absolute atomic E-state index is 0.796. The first-order valence-corrected chi connectivity index (χ1v) is 5.69. The molecule has 3 nitrogen and oxygen atoms in total. The van der Waals surface area contributed by atoms with Gasteiger partial charge in [0, 0.05) is 26.2 Å². The molecule has 1 aromatic rings. The zero-order chi connectivity index (χ0) is 11.5. The van der Waals surface area contributed by atoms with Gasteiger partial charge in [-0.1, -0.05) is 0 Å². The van der Waals surface area contributed by atoms with Crippen molar-refractivity contribution in [3.63, 3.8) is 0 Å². The van der Waals surface area contributed by atoms with Gasteiger partial charge in [0.05, 0.1) is 11.3 Å². The Hall–Kier alpha value is -1.53. The maximum atomic E-state index is 9.17. The molecule has 1 aliphatic heterocycles. The van der Waals surface area contributed by atoms with Gasteiger partial charge in [0.1, 0.15) is 6.07 Å². The molecule has 84 valence electrons. The molecule has 1 aromatic carbocycles. The number of nitrogens with zero attached hydrogens (tertiary/aromatic N) is 2. The third kappa shape index (κ3) is 2.02. The predicted octanol–water partition coefficient (Wildman–Crippen LogP) is 1.58. The summed E-state index contributed by atoms with van der Waals surface area (Å²) in [5.74, 6) is 0. The van der Waals surface area contributed by atoms with E-state index in [4.69, 9.17) is 0 Å². The van der Waals surface area contributed by atoms with E-state index in [0.717, 1.165) is 37.4 Å². The standard InChI is InChI=1S/C13H17N3/c1-10-7-12(9-14)13(8-11(10)2)16-5-3-15-4-6-16/h7-8,15H,3-6H2,1-2H3. The van der Waals surface area contributed by atoms with Crippen molar-refractivity contribution < 1.29 is 0 Å². The summed E-state index contributed by atoms with van der Waals surface area (Å²) in [6, 6.07) is 6.43. The highest BCUT2D eigenvalue weighted by Gasteiger charge is 2.14. The van der Waals surface area contributed by atoms with Gasteiger partial charge in [-0.25, -0.2) is 0 Å². The molecule has 1 heterocycles. The van der Waals surface area contributed by atoms with Crippen molar-refractivity contribution in [2.45, 2.75) is 13.8 Å². The lowest BCUT2D eigenvalue weighted by molar-refractivity contribution is 0.589. The van der Waals surface area contributed by atoms with E-state index in [1.807, 2.05) is 6.07 Å². The molecule has 0 unspecified atom stereocenters. The zero-order valence-corrected chi connectivity index (χ0v) is 9.88. The summed E-state index contributed by atoms with van der Waals surface area (Å²) >= 11 is 0. The fourth-order valence-corrected chi connectivity index (χ4v) is 2.06.